The van der Waals surface area contributed by atoms with Gasteiger partial charge in [0, 0.05) is 9.92 Å². The van der Waals surface area contributed by atoms with Gasteiger partial charge in [-0.05, 0) is 73.4 Å². The zero-order valence-corrected chi connectivity index (χ0v) is 19.2. The number of carbonyl (C=O) groups is 2. The molecule has 156 valence electrons. The Kier molecular flexibility index (Phi) is 6.03. The summed E-state index contributed by atoms with van der Waals surface area (Å²) in [6.07, 6.45) is 0.895. The van der Waals surface area contributed by atoms with Crippen LogP contribution in [0, 0.1) is 13.8 Å². The number of thioether (sulfide) groups is 1. The second-order valence-corrected chi connectivity index (χ2v) is 9.06. The molecule has 2 amide bonds. The fraction of sp³-hybridized carbons (Fsp3) is 0.154. The van der Waals surface area contributed by atoms with Gasteiger partial charge in [0.15, 0.2) is 0 Å². The van der Waals surface area contributed by atoms with E-state index in [9.17, 15) is 9.59 Å². The van der Waals surface area contributed by atoms with Crippen molar-refractivity contribution in [3.05, 3.63) is 98.9 Å². The molecule has 0 unspecified atom stereocenters. The maximum absolute atomic E-state index is 13.6. The lowest BCUT2D eigenvalue weighted by Crippen LogP contribution is -2.31. The van der Waals surface area contributed by atoms with E-state index in [0.29, 0.717) is 21.2 Å². The van der Waals surface area contributed by atoms with Crippen molar-refractivity contribution in [1.29, 1.82) is 0 Å². The largest absolute Gasteiger partial charge is 0.272 e. The number of halogens is 1. The quantitative estimate of drug-likeness (QED) is 0.413. The normalized spacial score (nSPS) is 14.0. The molecule has 0 radical (unpaired) electrons. The maximum Gasteiger partial charge on any atom is 0.272 e. The molecule has 4 rings (SSSR count). The molecule has 0 N–H and O–H groups in total. The van der Waals surface area contributed by atoms with E-state index >= 15 is 0 Å². The van der Waals surface area contributed by atoms with Crippen molar-refractivity contribution in [2.45, 2.75) is 32.1 Å². The summed E-state index contributed by atoms with van der Waals surface area (Å²) < 4.78 is 0. The molecule has 3 aromatic carbocycles. The summed E-state index contributed by atoms with van der Waals surface area (Å²) in [5, 5.41) is 0.624. The minimum Gasteiger partial charge on any atom is -0.268 e. The molecule has 1 aliphatic rings. The average Bonchev–Trinajstić information content (AvgIpc) is 2.99. The summed E-state index contributed by atoms with van der Waals surface area (Å²) in [7, 11) is 0. The maximum atomic E-state index is 13.6. The number of imide groups is 1. The summed E-state index contributed by atoms with van der Waals surface area (Å²) in [6, 6.07) is 20.8. The molecule has 0 saturated carbocycles. The predicted octanol–water partition coefficient (Wildman–Crippen LogP) is 6.60. The van der Waals surface area contributed by atoms with Crippen molar-refractivity contribution in [1.82, 2.24) is 0 Å². The van der Waals surface area contributed by atoms with E-state index in [0.717, 1.165) is 33.6 Å². The first kappa shape index (κ1) is 21.4. The van der Waals surface area contributed by atoms with Gasteiger partial charge in [0.1, 0.15) is 0 Å². The van der Waals surface area contributed by atoms with Crippen molar-refractivity contribution in [3.8, 4) is 0 Å². The number of aryl methyl sites for hydroxylation is 3. The van der Waals surface area contributed by atoms with Crippen LogP contribution >= 0.6 is 23.4 Å². The molecule has 0 fully saturated rings. The zero-order chi connectivity index (χ0) is 22.1. The molecular formula is C26H22ClNO2S. The molecule has 0 spiro atoms. The first-order valence-electron chi connectivity index (χ1n) is 10.1. The highest BCUT2D eigenvalue weighted by Gasteiger charge is 2.40. The monoisotopic (exact) mass is 447 g/mol. The van der Waals surface area contributed by atoms with E-state index in [4.69, 9.17) is 11.6 Å². The van der Waals surface area contributed by atoms with E-state index in [-0.39, 0.29) is 11.8 Å². The summed E-state index contributed by atoms with van der Waals surface area (Å²) in [4.78, 5) is 29.6. The third kappa shape index (κ3) is 4.18. The molecule has 0 aromatic heterocycles. The van der Waals surface area contributed by atoms with Gasteiger partial charge in [0.2, 0.25) is 0 Å². The van der Waals surface area contributed by atoms with Crippen molar-refractivity contribution < 1.29 is 9.59 Å². The van der Waals surface area contributed by atoms with Crippen LogP contribution in [-0.4, -0.2) is 11.8 Å². The highest BCUT2D eigenvalue weighted by molar-refractivity contribution is 8.04. The zero-order valence-electron chi connectivity index (χ0n) is 17.6. The third-order valence-corrected chi connectivity index (χ3v) is 6.67. The number of carbonyl (C=O) groups excluding carboxylic acids is 2. The molecule has 0 aliphatic carbocycles. The highest BCUT2D eigenvalue weighted by Crippen LogP contribution is 2.42. The van der Waals surface area contributed by atoms with Crippen molar-refractivity contribution >= 4 is 46.4 Å². The first-order valence-corrected chi connectivity index (χ1v) is 11.3. The van der Waals surface area contributed by atoms with Crippen LogP contribution in [0.5, 0.6) is 0 Å². The second-order valence-electron chi connectivity index (χ2n) is 7.54. The van der Waals surface area contributed by atoms with E-state index < -0.39 is 0 Å². The van der Waals surface area contributed by atoms with Gasteiger partial charge in [-0.3, -0.25) is 9.59 Å². The summed E-state index contributed by atoms with van der Waals surface area (Å²) in [6.45, 7) is 6.05. The summed E-state index contributed by atoms with van der Waals surface area (Å²) in [5.41, 5.74) is 5.04. The van der Waals surface area contributed by atoms with Crippen LogP contribution in [0.25, 0.3) is 5.57 Å². The second kappa shape index (κ2) is 8.74. The molecule has 1 aliphatic heterocycles. The fourth-order valence-electron chi connectivity index (χ4n) is 3.67. The number of hydrogen-bond acceptors (Lipinski definition) is 3. The Bertz CT molecular complexity index is 1200. The Labute approximate surface area is 191 Å². The number of anilines is 1. The van der Waals surface area contributed by atoms with Gasteiger partial charge in [0.05, 0.1) is 16.2 Å². The fourth-order valence-corrected chi connectivity index (χ4v) is 4.78. The van der Waals surface area contributed by atoms with Crippen molar-refractivity contribution in [3.63, 3.8) is 0 Å². The van der Waals surface area contributed by atoms with Gasteiger partial charge in [-0.25, -0.2) is 4.90 Å². The summed E-state index contributed by atoms with van der Waals surface area (Å²) in [5.74, 6) is -0.596. The number of hydrogen-bond donors (Lipinski definition) is 0. The Morgan fingerprint density at radius 2 is 1.55 bits per heavy atom. The van der Waals surface area contributed by atoms with E-state index in [1.54, 1.807) is 12.1 Å². The Balaban J connectivity index is 1.82. The molecule has 0 atom stereocenters. The SMILES string of the molecule is CCc1ccc(N2C(=O)C(Sc3ccc(Cl)cc3)=C(c3ccc(C)cc3C)C2=O)cc1. The number of nitrogens with zero attached hydrogens (tertiary/aromatic N) is 1. The third-order valence-electron chi connectivity index (χ3n) is 5.33. The van der Waals surface area contributed by atoms with Crippen LogP contribution in [0.15, 0.2) is 76.5 Å². The van der Waals surface area contributed by atoms with Crippen molar-refractivity contribution in [2.24, 2.45) is 0 Å². The van der Waals surface area contributed by atoms with Crippen LogP contribution in [0.1, 0.15) is 29.2 Å². The van der Waals surface area contributed by atoms with Crippen LogP contribution < -0.4 is 4.90 Å². The molecule has 3 aromatic rings. The van der Waals surface area contributed by atoms with Gasteiger partial charge >= 0.3 is 0 Å². The smallest absolute Gasteiger partial charge is 0.268 e. The van der Waals surface area contributed by atoms with Crippen LogP contribution in [-0.2, 0) is 16.0 Å². The Hall–Kier alpha value is -2.82. The molecule has 5 heteroatoms. The molecule has 3 nitrogen and oxygen atoms in total. The lowest BCUT2D eigenvalue weighted by atomic mass is 9.98. The Morgan fingerprint density at radius 3 is 2.16 bits per heavy atom. The number of benzene rings is 3. The van der Waals surface area contributed by atoms with Gasteiger partial charge < -0.3 is 0 Å². The molecular weight excluding hydrogens is 426 g/mol. The van der Waals surface area contributed by atoms with E-state index in [2.05, 4.69) is 6.92 Å². The lowest BCUT2D eigenvalue weighted by molar-refractivity contribution is -0.119. The van der Waals surface area contributed by atoms with Crippen LogP contribution in [0.4, 0.5) is 5.69 Å². The highest BCUT2D eigenvalue weighted by atomic mass is 35.5. The topological polar surface area (TPSA) is 37.4 Å². The standard InChI is InChI=1S/C26H22ClNO2S/c1-4-18-6-10-20(11-7-18)28-25(29)23(22-14-5-16(2)15-17(22)3)24(26(28)30)31-21-12-8-19(27)9-13-21/h5-15H,4H2,1-3H3. The molecule has 1 heterocycles. The minimum absolute atomic E-state index is 0.294. The molecule has 0 saturated heterocycles. The van der Waals surface area contributed by atoms with Crippen LogP contribution in [0.3, 0.4) is 0 Å². The lowest BCUT2D eigenvalue weighted by Gasteiger charge is -2.16. The van der Waals surface area contributed by atoms with Gasteiger partial charge in [-0.15, -0.1) is 0 Å². The number of rotatable bonds is 5. The Morgan fingerprint density at radius 1 is 0.871 bits per heavy atom. The van der Waals surface area contributed by atoms with Crippen LogP contribution in [0.2, 0.25) is 5.02 Å². The summed E-state index contributed by atoms with van der Waals surface area (Å²) >= 11 is 7.32. The number of amides is 2. The first-order chi connectivity index (χ1) is 14.9. The van der Waals surface area contributed by atoms with E-state index in [1.165, 1.54) is 16.7 Å². The predicted molar refractivity (Wildman–Crippen MR) is 128 cm³/mol. The van der Waals surface area contributed by atoms with Gasteiger partial charge in [-0.2, -0.15) is 0 Å². The van der Waals surface area contributed by atoms with Crippen molar-refractivity contribution in [2.75, 3.05) is 4.90 Å². The van der Waals surface area contributed by atoms with Gasteiger partial charge in [0.25, 0.3) is 11.8 Å². The molecule has 31 heavy (non-hydrogen) atoms. The minimum atomic E-state index is -0.302. The van der Waals surface area contributed by atoms with E-state index in [1.807, 2.05) is 68.4 Å². The molecule has 0 bridgehead atoms. The van der Waals surface area contributed by atoms with Gasteiger partial charge in [-0.1, -0.05) is 66.2 Å². The average molecular weight is 448 g/mol.